The molecule has 7 heteroatoms. The predicted molar refractivity (Wildman–Crippen MR) is 110 cm³/mol. The molecule has 140 valence electrons. The fraction of sp³-hybridized carbons (Fsp3) is 0.200. The second-order valence-electron chi connectivity index (χ2n) is 6.17. The van der Waals surface area contributed by atoms with Gasteiger partial charge in [-0.3, -0.25) is 9.59 Å². The smallest absolute Gasteiger partial charge is 0.270 e. The van der Waals surface area contributed by atoms with Crippen LogP contribution in [0.3, 0.4) is 0 Å². The summed E-state index contributed by atoms with van der Waals surface area (Å²) in [4.78, 5) is 30.0. The number of amides is 2. The van der Waals surface area contributed by atoms with Crippen molar-refractivity contribution in [1.82, 2.24) is 9.88 Å². The molecule has 2 amide bonds. The van der Waals surface area contributed by atoms with Crippen molar-refractivity contribution in [3.8, 4) is 0 Å². The van der Waals surface area contributed by atoms with E-state index in [0.29, 0.717) is 28.0 Å². The van der Waals surface area contributed by atoms with E-state index in [4.69, 9.17) is 23.2 Å². The zero-order valence-corrected chi connectivity index (χ0v) is 16.3. The number of nitrogens with zero attached hydrogens (tertiary/aromatic N) is 1. The fourth-order valence-corrected chi connectivity index (χ4v) is 3.17. The lowest BCUT2D eigenvalue weighted by Crippen LogP contribution is -2.38. The van der Waals surface area contributed by atoms with Gasteiger partial charge in [-0.05, 0) is 36.8 Å². The Hall–Kier alpha value is -2.50. The first-order valence-corrected chi connectivity index (χ1v) is 9.35. The van der Waals surface area contributed by atoms with E-state index in [9.17, 15) is 9.59 Å². The van der Waals surface area contributed by atoms with Gasteiger partial charge in [0.15, 0.2) is 0 Å². The van der Waals surface area contributed by atoms with E-state index in [1.54, 1.807) is 24.3 Å². The number of carbonyl (C=O) groups excluding carboxylic acids is 2. The molecule has 0 unspecified atom stereocenters. The Kier molecular flexibility index (Phi) is 6.04. The van der Waals surface area contributed by atoms with Gasteiger partial charge in [0.05, 0.1) is 10.7 Å². The number of para-hydroxylation sites is 1. The number of aromatic nitrogens is 1. The molecule has 0 radical (unpaired) electrons. The maximum atomic E-state index is 12.9. The van der Waals surface area contributed by atoms with E-state index in [0.717, 1.165) is 17.3 Å². The van der Waals surface area contributed by atoms with Crippen LogP contribution >= 0.6 is 23.2 Å². The molecule has 0 bridgehead atoms. The zero-order chi connectivity index (χ0) is 19.4. The topological polar surface area (TPSA) is 65.2 Å². The Balaban J connectivity index is 1.75. The van der Waals surface area contributed by atoms with Crippen molar-refractivity contribution in [3.05, 3.63) is 64.3 Å². The summed E-state index contributed by atoms with van der Waals surface area (Å²) in [7, 11) is 0. The average Bonchev–Trinajstić information content (AvgIpc) is 3.08. The Labute approximate surface area is 167 Å². The highest BCUT2D eigenvalue weighted by molar-refractivity contribution is 6.35. The highest BCUT2D eigenvalue weighted by Crippen LogP contribution is 2.25. The van der Waals surface area contributed by atoms with E-state index in [-0.39, 0.29) is 18.4 Å². The molecule has 0 fully saturated rings. The number of hydrogen-bond donors (Lipinski definition) is 2. The zero-order valence-electron chi connectivity index (χ0n) is 14.8. The number of fused-ring (bicyclic) bond motifs is 1. The monoisotopic (exact) mass is 403 g/mol. The first-order valence-electron chi connectivity index (χ1n) is 8.60. The molecular formula is C20H19Cl2N3O2. The molecule has 3 aromatic rings. The van der Waals surface area contributed by atoms with Crippen LogP contribution in [0.25, 0.3) is 10.9 Å². The lowest BCUT2D eigenvalue weighted by molar-refractivity contribution is -0.116. The van der Waals surface area contributed by atoms with E-state index in [2.05, 4.69) is 10.3 Å². The molecule has 0 aliphatic heterocycles. The SMILES string of the molecule is CCCN(CC(=O)Nc1cc(Cl)ccc1Cl)C(=O)c1cc2ccccc2[nH]1. The van der Waals surface area contributed by atoms with Crippen LogP contribution in [0, 0.1) is 0 Å². The summed E-state index contributed by atoms with van der Waals surface area (Å²) in [6, 6.07) is 14.3. The quantitative estimate of drug-likeness (QED) is 0.610. The molecule has 27 heavy (non-hydrogen) atoms. The van der Waals surface area contributed by atoms with Crippen LogP contribution < -0.4 is 5.32 Å². The van der Waals surface area contributed by atoms with Crippen LogP contribution in [0.1, 0.15) is 23.8 Å². The molecule has 0 saturated carbocycles. The van der Waals surface area contributed by atoms with Gasteiger partial charge in [-0.15, -0.1) is 0 Å². The number of carbonyl (C=O) groups is 2. The van der Waals surface area contributed by atoms with Gasteiger partial charge in [-0.2, -0.15) is 0 Å². The minimum atomic E-state index is -0.336. The number of rotatable bonds is 6. The number of benzene rings is 2. The number of anilines is 1. The van der Waals surface area contributed by atoms with E-state index in [1.807, 2.05) is 31.2 Å². The molecule has 0 spiro atoms. The van der Waals surface area contributed by atoms with Gasteiger partial charge in [0, 0.05) is 22.5 Å². The first-order chi connectivity index (χ1) is 13.0. The van der Waals surface area contributed by atoms with Crippen LogP contribution in [0.4, 0.5) is 5.69 Å². The van der Waals surface area contributed by atoms with E-state index >= 15 is 0 Å². The standard InChI is InChI=1S/C20H19Cl2N3O2/c1-2-9-25(12-19(26)24-17-11-14(21)7-8-15(17)22)20(27)18-10-13-5-3-4-6-16(13)23-18/h3-8,10-11,23H,2,9,12H2,1H3,(H,24,26). The number of H-pyrrole nitrogens is 1. The molecule has 1 aromatic heterocycles. The first kappa shape index (κ1) is 19.3. The summed E-state index contributed by atoms with van der Waals surface area (Å²) in [5.41, 5.74) is 1.76. The van der Waals surface area contributed by atoms with Crippen molar-refractivity contribution < 1.29 is 9.59 Å². The van der Waals surface area contributed by atoms with Crippen molar-refractivity contribution in [2.75, 3.05) is 18.4 Å². The number of halogens is 2. The molecule has 2 aromatic carbocycles. The highest BCUT2D eigenvalue weighted by Gasteiger charge is 2.20. The third-order valence-corrected chi connectivity index (χ3v) is 4.64. The lowest BCUT2D eigenvalue weighted by atomic mass is 10.2. The second-order valence-corrected chi connectivity index (χ2v) is 7.01. The Bertz CT molecular complexity index is 951. The molecule has 0 aliphatic rings. The maximum Gasteiger partial charge on any atom is 0.270 e. The summed E-state index contributed by atoms with van der Waals surface area (Å²) in [5, 5.41) is 4.52. The molecule has 0 saturated heterocycles. The largest absolute Gasteiger partial charge is 0.351 e. The summed E-state index contributed by atoms with van der Waals surface area (Å²) in [5.74, 6) is -0.558. The summed E-state index contributed by atoms with van der Waals surface area (Å²) in [6.07, 6.45) is 0.733. The molecular weight excluding hydrogens is 385 g/mol. The van der Waals surface area contributed by atoms with E-state index in [1.165, 1.54) is 4.90 Å². The van der Waals surface area contributed by atoms with Crippen molar-refractivity contribution in [2.24, 2.45) is 0 Å². The van der Waals surface area contributed by atoms with Crippen LogP contribution in [0.2, 0.25) is 10.0 Å². The molecule has 1 heterocycles. The van der Waals surface area contributed by atoms with Crippen LogP contribution in [0.5, 0.6) is 0 Å². The molecule has 0 aliphatic carbocycles. The van der Waals surface area contributed by atoms with Crippen LogP contribution in [-0.2, 0) is 4.79 Å². The number of hydrogen-bond acceptors (Lipinski definition) is 2. The van der Waals surface area contributed by atoms with Gasteiger partial charge >= 0.3 is 0 Å². The third kappa shape index (κ3) is 4.62. The summed E-state index contributed by atoms with van der Waals surface area (Å²) < 4.78 is 0. The highest BCUT2D eigenvalue weighted by atomic mass is 35.5. The van der Waals surface area contributed by atoms with Crippen molar-refractivity contribution >= 4 is 51.6 Å². The van der Waals surface area contributed by atoms with Crippen molar-refractivity contribution in [1.29, 1.82) is 0 Å². The number of aromatic amines is 1. The average molecular weight is 404 g/mol. The van der Waals surface area contributed by atoms with Gasteiger partial charge in [0.1, 0.15) is 12.2 Å². The second kappa shape index (κ2) is 8.46. The number of nitrogens with one attached hydrogen (secondary N) is 2. The molecule has 5 nitrogen and oxygen atoms in total. The predicted octanol–water partition coefficient (Wildman–Crippen LogP) is 4.97. The molecule has 3 rings (SSSR count). The molecule has 2 N–H and O–H groups in total. The minimum Gasteiger partial charge on any atom is -0.351 e. The Morgan fingerprint density at radius 1 is 1.11 bits per heavy atom. The summed E-state index contributed by atoms with van der Waals surface area (Å²) >= 11 is 12.0. The van der Waals surface area contributed by atoms with Crippen LogP contribution in [0.15, 0.2) is 48.5 Å². The van der Waals surface area contributed by atoms with Gasteiger partial charge in [-0.1, -0.05) is 48.3 Å². The van der Waals surface area contributed by atoms with Crippen molar-refractivity contribution in [2.45, 2.75) is 13.3 Å². The van der Waals surface area contributed by atoms with Gasteiger partial charge in [0.2, 0.25) is 5.91 Å². The van der Waals surface area contributed by atoms with Gasteiger partial charge in [0.25, 0.3) is 5.91 Å². The van der Waals surface area contributed by atoms with Crippen molar-refractivity contribution in [3.63, 3.8) is 0 Å². The Morgan fingerprint density at radius 2 is 1.89 bits per heavy atom. The maximum absolute atomic E-state index is 12.9. The third-order valence-electron chi connectivity index (χ3n) is 4.08. The van der Waals surface area contributed by atoms with E-state index < -0.39 is 0 Å². The normalized spacial score (nSPS) is 10.8. The lowest BCUT2D eigenvalue weighted by Gasteiger charge is -2.21. The van der Waals surface area contributed by atoms with Gasteiger partial charge in [-0.25, -0.2) is 0 Å². The molecule has 0 atom stereocenters. The summed E-state index contributed by atoms with van der Waals surface area (Å²) in [6.45, 7) is 2.34. The van der Waals surface area contributed by atoms with Crippen LogP contribution in [-0.4, -0.2) is 34.8 Å². The Morgan fingerprint density at radius 3 is 2.63 bits per heavy atom. The fourth-order valence-electron chi connectivity index (χ4n) is 2.84. The minimum absolute atomic E-state index is 0.0785. The van der Waals surface area contributed by atoms with Gasteiger partial charge < -0.3 is 15.2 Å².